The standard InChI is InChI=1S/C15H16N4O2S2/c1-22-11-4-7-23-14(11)15(21)18-10-2-3-12(17-8-10)19-6-5-16-13(20)9-19/h2-4,7-8H,5-6,9H2,1H3,(H,16,20)(H,18,21). The van der Waals surface area contributed by atoms with Gasteiger partial charge in [-0.25, -0.2) is 4.98 Å². The highest BCUT2D eigenvalue weighted by Gasteiger charge is 2.18. The molecule has 0 spiro atoms. The number of amides is 2. The monoisotopic (exact) mass is 348 g/mol. The van der Waals surface area contributed by atoms with Gasteiger partial charge in [0.1, 0.15) is 10.7 Å². The molecule has 2 aromatic rings. The Hall–Kier alpha value is -2.06. The first-order chi connectivity index (χ1) is 11.2. The molecule has 23 heavy (non-hydrogen) atoms. The molecule has 0 aromatic carbocycles. The summed E-state index contributed by atoms with van der Waals surface area (Å²) < 4.78 is 0. The fourth-order valence-corrected chi connectivity index (χ4v) is 3.94. The lowest BCUT2D eigenvalue weighted by atomic mass is 10.3. The van der Waals surface area contributed by atoms with Crippen LogP contribution in [0.1, 0.15) is 9.67 Å². The molecular formula is C15H16N4O2S2. The molecule has 2 amide bonds. The van der Waals surface area contributed by atoms with E-state index in [4.69, 9.17) is 0 Å². The molecule has 1 saturated heterocycles. The molecule has 0 radical (unpaired) electrons. The summed E-state index contributed by atoms with van der Waals surface area (Å²) in [5.41, 5.74) is 0.640. The molecule has 1 aliphatic heterocycles. The molecule has 120 valence electrons. The van der Waals surface area contributed by atoms with Gasteiger partial charge in [-0.05, 0) is 29.8 Å². The molecule has 0 atom stereocenters. The van der Waals surface area contributed by atoms with Crippen molar-refractivity contribution in [1.82, 2.24) is 10.3 Å². The maximum Gasteiger partial charge on any atom is 0.266 e. The number of nitrogens with one attached hydrogen (secondary N) is 2. The Morgan fingerprint density at radius 1 is 1.43 bits per heavy atom. The molecule has 0 aliphatic carbocycles. The number of thioether (sulfide) groups is 1. The van der Waals surface area contributed by atoms with Crippen molar-refractivity contribution in [1.29, 1.82) is 0 Å². The first kappa shape index (κ1) is 15.8. The van der Waals surface area contributed by atoms with Crippen LogP contribution in [0.3, 0.4) is 0 Å². The van der Waals surface area contributed by atoms with E-state index < -0.39 is 0 Å². The number of rotatable bonds is 4. The van der Waals surface area contributed by atoms with Gasteiger partial charge in [0.15, 0.2) is 0 Å². The Labute approximate surface area is 142 Å². The van der Waals surface area contributed by atoms with E-state index in [2.05, 4.69) is 15.6 Å². The van der Waals surface area contributed by atoms with E-state index in [0.29, 0.717) is 23.7 Å². The maximum atomic E-state index is 12.3. The quantitative estimate of drug-likeness (QED) is 0.827. The second-order valence-corrected chi connectivity index (χ2v) is 6.71. The zero-order valence-corrected chi connectivity index (χ0v) is 14.2. The molecule has 1 aliphatic rings. The number of hydrogen-bond donors (Lipinski definition) is 2. The molecule has 6 nitrogen and oxygen atoms in total. The zero-order chi connectivity index (χ0) is 16.2. The van der Waals surface area contributed by atoms with Crippen molar-refractivity contribution in [2.75, 3.05) is 36.1 Å². The number of carbonyl (C=O) groups is 2. The van der Waals surface area contributed by atoms with Crippen LogP contribution in [0.4, 0.5) is 11.5 Å². The van der Waals surface area contributed by atoms with Gasteiger partial charge in [0.05, 0.1) is 18.4 Å². The molecular weight excluding hydrogens is 332 g/mol. The zero-order valence-electron chi connectivity index (χ0n) is 12.5. The van der Waals surface area contributed by atoms with E-state index in [1.54, 1.807) is 24.0 Å². The summed E-state index contributed by atoms with van der Waals surface area (Å²) in [5, 5.41) is 7.54. The van der Waals surface area contributed by atoms with Crippen LogP contribution in [-0.2, 0) is 4.79 Å². The topological polar surface area (TPSA) is 74.3 Å². The molecule has 3 rings (SSSR count). The van der Waals surface area contributed by atoms with Crippen molar-refractivity contribution in [3.8, 4) is 0 Å². The molecule has 2 aromatic heterocycles. The highest BCUT2D eigenvalue weighted by atomic mass is 32.2. The number of nitrogens with zero attached hydrogens (tertiary/aromatic N) is 2. The third-order valence-electron chi connectivity index (χ3n) is 3.42. The maximum absolute atomic E-state index is 12.3. The van der Waals surface area contributed by atoms with Crippen LogP contribution in [0.5, 0.6) is 0 Å². The van der Waals surface area contributed by atoms with Gasteiger partial charge >= 0.3 is 0 Å². The van der Waals surface area contributed by atoms with Crippen LogP contribution >= 0.6 is 23.1 Å². The SMILES string of the molecule is CSc1ccsc1C(=O)Nc1ccc(N2CCNC(=O)C2)nc1. The predicted octanol–water partition coefficient (Wildman–Crippen LogP) is 2.05. The number of carbonyl (C=O) groups excluding carboxylic acids is 2. The van der Waals surface area contributed by atoms with E-state index in [1.165, 1.54) is 11.3 Å². The Balaban J connectivity index is 1.68. The number of pyridine rings is 1. The summed E-state index contributed by atoms with van der Waals surface area (Å²) in [4.78, 5) is 31.6. The van der Waals surface area contributed by atoms with Crippen LogP contribution < -0.4 is 15.5 Å². The average Bonchev–Trinajstić information content (AvgIpc) is 3.04. The minimum atomic E-state index is -0.128. The van der Waals surface area contributed by atoms with Gasteiger partial charge in [0.25, 0.3) is 5.91 Å². The number of aromatic nitrogens is 1. The second-order valence-electron chi connectivity index (χ2n) is 4.95. The summed E-state index contributed by atoms with van der Waals surface area (Å²) in [6, 6.07) is 5.56. The molecule has 1 fully saturated rings. The van der Waals surface area contributed by atoms with Gasteiger partial charge in [0.2, 0.25) is 5.91 Å². The largest absolute Gasteiger partial charge is 0.353 e. The van der Waals surface area contributed by atoms with E-state index in [1.807, 2.05) is 28.7 Å². The lowest BCUT2D eigenvalue weighted by Crippen LogP contribution is -2.48. The Morgan fingerprint density at radius 3 is 3.00 bits per heavy atom. The van der Waals surface area contributed by atoms with Crippen LogP contribution in [0.15, 0.2) is 34.7 Å². The average molecular weight is 348 g/mol. The highest BCUT2D eigenvalue weighted by Crippen LogP contribution is 2.26. The lowest BCUT2D eigenvalue weighted by molar-refractivity contribution is -0.120. The van der Waals surface area contributed by atoms with E-state index in [0.717, 1.165) is 17.3 Å². The van der Waals surface area contributed by atoms with E-state index in [-0.39, 0.29) is 11.8 Å². The van der Waals surface area contributed by atoms with Crippen LogP contribution in [0.25, 0.3) is 0 Å². The first-order valence-corrected chi connectivity index (χ1v) is 9.18. The van der Waals surface area contributed by atoms with Crippen molar-refractivity contribution < 1.29 is 9.59 Å². The van der Waals surface area contributed by atoms with Gasteiger partial charge < -0.3 is 15.5 Å². The fourth-order valence-electron chi connectivity index (χ4n) is 2.29. The number of hydrogen-bond acceptors (Lipinski definition) is 6. The van der Waals surface area contributed by atoms with Gasteiger partial charge in [-0.15, -0.1) is 23.1 Å². The fraction of sp³-hybridized carbons (Fsp3) is 0.267. The minimum Gasteiger partial charge on any atom is -0.353 e. The summed E-state index contributed by atoms with van der Waals surface area (Å²) in [6.07, 6.45) is 3.57. The lowest BCUT2D eigenvalue weighted by Gasteiger charge is -2.27. The summed E-state index contributed by atoms with van der Waals surface area (Å²) in [7, 11) is 0. The number of piperazine rings is 1. The smallest absolute Gasteiger partial charge is 0.266 e. The Bertz CT molecular complexity index is 715. The molecule has 3 heterocycles. The molecule has 0 unspecified atom stereocenters. The summed E-state index contributed by atoms with van der Waals surface area (Å²) in [5.74, 6) is 0.604. The van der Waals surface area contributed by atoms with Gasteiger partial charge in [-0.1, -0.05) is 0 Å². The molecule has 8 heteroatoms. The van der Waals surface area contributed by atoms with E-state index >= 15 is 0 Å². The summed E-state index contributed by atoms with van der Waals surface area (Å²) in [6.45, 7) is 1.66. The third kappa shape index (κ3) is 3.65. The van der Waals surface area contributed by atoms with Crippen molar-refractivity contribution in [3.63, 3.8) is 0 Å². The number of anilines is 2. The Morgan fingerprint density at radius 2 is 2.30 bits per heavy atom. The van der Waals surface area contributed by atoms with Crippen LogP contribution in [0, 0.1) is 0 Å². The van der Waals surface area contributed by atoms with Gasteiger partial charge in [0, 0.05) is 18.0 Å². The van der Waals surface area contributed by atoms with Crippen molar-refractivity contribution in [3.05, 3.63) is 34.7 Å². The van der Waals surface area contributed by atoms with Crippen molar-refractivity contribution >= 4 is 46.4 Å². The predicted molar refractivity (Wildman–Crippen MR) is 93.5 cm³/mol. The molecule has 0 saturated carbocycles. The summed E-state index contributed by atoms with van der Waals surface area (Å²) >= 11 is 2.97. The third-order valence-corrected chi connectivity index (χ3v) is 5.25. The van der Waals surface area contributed by atoms with Crippen molar-refractivity contribution in [2.24, 2.45) is 0 Å². The Kier molecular flexibility index (Phi) is 4.82. The van der Waals surface area contributed by atoms with Crippen molar-refractivity contribution in [2.45, 2.75) is 4.90 Å². The van der Waals surface area contributed by atoms with Gasteiger partial charge in [-0.2, -0.15) is 0 Å². The minimum absolute atomic E-state index is 0.00211. The van der Waals surface area contributed by atoms with Crippen LogP contribution in [-0.4, -0.2) is 42.7 Å². The molecule has 0 bridgehead atoms. The second kappa shape index (κ2) is 7.01. The normalized spacial score (nSPS) is 14.5. The molecule has 2 N–H and O–H groups in total. The first-order valence-electron chi connectivity index (χ1n) is 7.08. The number of thiophene rings is 1. The van der Waals surface area contributed by atoms with Gasteiger partial charge in [-0.3, -0.25) is 9.59 Å². The highest BCUT2D eigenvalue weighted by molar-refractivity contribution is 7.98. The van der Waals surface area contributed by atoms with Crippen LogP contribution in [0.2, 0.25) is 0 Å². The van der Waals surface area contributed by atoms with E-state index in [9.17, 15) is 9.59 Å².